The van der Waals surface area contributed by atoms with Crippen LogP contribution in [0, 0.1) is 0 Å². The van der Waals surface area contributed by atoms with Crippen molar-refractivity contribution in [3.05, 3.63) is 12.2 Å². The molecule has 4 atom stereocenters. The molecule has 3 aliphatic rings. The predicted octanol–water partition coefficient (Wildman–Crippen LogP) is 8.59. The van der Waals surface area contributed by atoms with Crippen molar-refractivity contribution >= 4 is 61.8 Å². The highest BCUT2D eigenvalue weighted by Crippen LogP contribution is 2.49. The van der Waals surface area contributed by atoms with E-state index in [-0.39, 0.29) is 16.8 Å². The van der Waals surface area contributed by atoms with Gasteiger partial charge in [0, 0.05) is 5.57 Å². The lowest BCUT2D eigenvalue weighted by Crippen LogP contribution is -2.81. The van der Waals surface area contributed by atoms with Gasteiger partial charge in [-0.1, -0.05) is 13.5 Å². The number of carbonyl (C=O) groups is 1. The van der Waals surface area contributed by atoms with Crippen LogP contribution in [0.1, 0.15) is 81.1 Å². The van der Waals surface area contributed by atoms with E-state index in [0.29, 0.717) is 12.0 Å². The van der Waals surface area contributed by atoms with Gasteiger partial charge in [0.25, 0.3) is 0 Å². The van der Waals surface area contributed by atoms with Crippen LogP contribution in [0.2, 0.25) is 77.1 Å². The Hall–Kier alpha value is 0.488. The third-order valence-corrected chi connectivity index (χ3v) is 64.9. The second-order valence-electron chi connectivity index (χ2n) is 18.3. The van der Waals surface area contributed by atoms with Gasteiger partial charge in [-0.05, 0) is 151 Å². The van der Waals surface area contributed by atoms with Gasteiger partial charge in [-0.15, -0.1) is 0 Å². The van der Waals surface area contributed by atoms with Gasteiger partial charge < -0.3 is 30.4 Å². The van der Waals surface area contributed by atoms with Crippen molar-refractivity contribution in [1.82, 2.24) is 0 Å². The van der Waals surface area contributed by atoms with E-state index in [0.717, 1.165) is 37.4 Å². The summed E-state index contributed by atoms with van der Waals surface area (Å²) >= 11 is 0. The maximum Gasteiger partial charge on any atom is 0.512 e. The summed E-state index contributed by atoms with van der Waals surface area (Å²) in [6.07, 6.45) is 3.27. The van der Waals surface area contributed by atoms with Gasteiger partial charge in [0.15, 0.2) is 29.2 Å². The van der Waals surface area contributed by atoms with Crippen LogP contribution >= 0.6 is 0 Å². The van der Waals surface area contributed by atoms with E-state index in [1.807, 2.05) is 0 Å². The number of carbonyl (C=O) groups excluding carboxylic acids is 1. The molecule has 0 aromatic rings. The van der Waals surface area contributed by atoms with Crippen molar-refractivity contribution in [2.75, 3.05) is 0 Å². The second kappa shape index (κ2) is 12.9. The summed E-state index contributed by atoms with van der Waals surface area (Å²) in [6.45, 7) is 41.8. The van der Waals surface area contributed by atoms with Crippen molar-refractivity contribution < 1.29 is 35.2 Å². The highest BCUT2D eigenvalue weighted by molar-refractivity contribution is 7.40. The van der Waals surface area contributed by atoms with Crippen molar-refractivity contribution in [3.8, 4) is 0 Å². The van der Waals surface area contributed by atoms with Crippen molar-refractivity contribution in [2.24, 2.45) is 0 Å². The van der Waals surface area contributed by atoms with Crippen LogP contribution in [-0.4, -0.2) is 84.3 Å². The molecule has 0 N–H and O–H groups in total. The molecule has 0 bridgehead atoms. The molecule has 0 saturated carbocycles. The van der Waals surface area contributed by atoms with Crippen molar-refractivity contribution in [2.45, 2.75) is 181 Å². The first-order valence-electron chi connectivity index (χ1n) is 17.5. The Morgan fingerprint density at radius 3 is 1.17 bits per heavy atom. The Morgan fingerprint density at radius 2 is 0.957 bits per heavy atom. The Balaban J connectivity index is 2.32. The molecule has 3 heterocycles. The van der Waals surface area contributed by atoms with Crippen LogP contribution in [0.25, 0.3) is 0 Å². The van der Waals surface area contributed by atoms with E-state index in [4.69, 9.17) is 30.4 Å². The van der Waals surface area contributed by atoms with Crippen LogP contribution < -0.4 is 0 Å². The Bertz CT molecular complexity index is 1060. The fourth-order valence-electron chi connectivity index (χ4n) is 7.43. The minimum Gasteiger partial charge on any atom is -0.455 e. The highest BCUT2D eigenvalue weighted by Gasteiger charge is 2.71. The lowest BCUT2D eigenvalue weighted by molar-refractivity contribution is -0.143. The zero-order valence-corrected chi connectivity index (χ0v) is 39.5. The molecule has 46 heavy (non-hydrogen) atoms. The second-order valence-corrected chi connectivity index (χ2v) is 61.5. The monoisotopic (exact) mass is 764 g/mol. The summed E-state index contributed by atoms with van der Waals surface area (Å²) in [5, 5.41) is 0. The Morgan fingerprint density at radius 1 is 0.674 bits per heavy atom. The molecule has 0 spiro atoms. The highest BCUT2D eigenvalue weighted by atomic mass is 29.3. The van der Waals surface area contributed by atoms with Gasteiger partial charge >= 0.3 is 14.8 Å². The Kier molecular flexibility index (Phi) is 11.5. The molecular formula is C31H68O8Si7. The molecule has 0 radical (unpaired) electrons. The van der Waals surface area contributed by atoms with E-state index in [1.54, 1.807) is 6.92 Å². The van der Waals surface area contributed by atoms with Crippen LogP contribution in [0.4, 0.5) is 0 Å². The number of esters is 1. The molecule has 3 rings (SSSR count). The zero-order chi connectivity index (χ0) is 35.6. The lowest BCUT2D eigenvalue weighted by Gasteiger charge is -2.59. The molecule has 3 saturated heterocycles. The predicted molar refractivity (Wildman–Crippen MR) is 205 cm³/mol. The number of hydrogen-bond acceptors (Lipinski definition) is 8. The standard InChI is InChI=1S/C31H68O8Si7/c1-19-27(33-28(32)26(2)3)46(37-43(16)23-20-29(4,5)34-40(43,10)11,38-44(17)24-21-30(6,7)35-41(44,12)13)39-45(18)25-22-31(8,9)36-42(45,14)15/h27H,2,19-25H2,1,3-18H3. The summed E-state index contributed by atoms with van der Waals surface area (Å²) in [5.74, 6) is -0.419. The minimum absolute atomic E-state index is 0.203. The molecule has 15 heteroatoms. The van der Waals surface area contributed by atoms with Crippen molar-refractivity contribution in [1.29, 1.82) is 0 Å². The fraction of sp³-hybridized carbons (Fsp3) is 0.903. The Labute approximate surface area is 288 Å². The molecule has 3 fully saturated rings. The largest absolute Gasteiger partial charge is 0.512 e. The molecule has 8 nitrogen and oxygen atoms in total. The summed E-state index contributed by atoms with van der Waals surface area (Å²) in [5.41, 5.74) is -0.904. The number of hydrogen-bond donors (Lipinski definition) is 0. The maximum atomic E-state index is 13.4. The molecule has 0 aliphatic carbocycles. The third kappa shape index (κ3) is 8.33. The molecule has 0 aromatic heterocycles. The normalized spacial score (nSPS) is 36.2. The van der Waals surface area contributed by atoms with Crippen molar-refractivity contribution in [3.63, 3.8) is 0 Å². The maximum absolute atomic E-state index is 13.4. The van der Waals surface area contributed by atoms with Crippen LogP contribution in [-0.2, 0) is 35.2 Å². The first-order chi connectivity index (χ1) is 20.4. The van der Waals surface area contributed by atoms with E-state index in [1.165, 1.54) is 0 Å². The first kappa shape index (κ1) is 40.9. The van der Waals surface area contributed by atoms with Gasteiger partial charge in [-0.3, -0.25) is 0 Å². The fourth-order valence-corrected chi connectivity index (χ4v) is 54.7. The average molecular weight is 765 g/mol. The van der Waals surface area contributed by atoms with Gasteiger partial charge in [0.05, 0.1) is 16.8 Å². The number of ether oxygens (including phenoxy) is 1. The summed E-state index contributed by atoms with van der Waals surface area (Å²) < 4.78 is 51.1. The van der Waals surface area contributed by atoms with E-state index in [9.17, 15) is 4.79 Å². The smallest absolute Gasteiger partial charge is 0.455 e. The summed E-state index contributed by atoms with van der Waals surface area (Å²) in [7, 11) is -18.9. The molecule has 268 valence electrons. The third-order valence-electron chi connectivity index (χ3n) is 11.5. The molecule has 0 amide bonds. The molecule has 4 unspecified atom stereocenters. The summed E-state index contributed by atoms with van der Waals surface area (Å²) in [4.78, 5) is 13.4. The molecule has 3 aliphatic heterocycles. The van der Waals surface area contributed by atoms with Crippen LogP contribution in [0.15, 0.2) is 12.2 Å². The lowest BCUT2D eigenvalue weighted by atomic mass is 10.1. The van der Waals surface area contributed by atoms with Crippen LogP contribution in [0.3, 0.4) is 0 Å². The van der Waals surface area contributed by atoms with Gasteiger partial charge in [-0.2, -0.15) is 0 Å². The summed E-state index contributed by atoms with van der Waals surface area (Å²) in [6, 6.07) is 2.87. The van der Waals surface area contributed by atoms with Gasteiger partial charge in [0.1, 0.15) is 0 Å². The molecular weight excluding hydrogens is 697 g/mol. The molecule has 0 aromatic carbocycles. The van der Waals surface area contributed by atoms with Gasteiger partial charge in [-0.25, -0.2) is 4.79 Å². The quantitative estimate of drug-likeness (QED) is 0.124. The zero-order valence-electron chi connectivity index (χ0n) is 32.5. The topological polar surface area (TPSA) is 81.7 Å². The van der Waals surface area contributed by atoms with Crippen LogP contribution in [0.5, 0.6) is 0 Å². The van der Waals surface area contributed by atoms with E-state index in [2.05, 4.69) is 114 Å². The van der Waals surface area contributed by atoms with E-state index >= 15 is 0 Å². The average Bonchev–Trinajstić information content (AvgIpc) is 2.84. The first-order valence-corrected chi connectivity index (χ1v) is 38.8. The van der Waals surface area contributed by atoms with E-state index < -0.39 is 67.5 Å². The van der Waals surface area contributed by atoms with Gasteiger partial charge in [0.2, 0.25) is 23.5 Å². The SMILES string of the molecule is C=C(C)C(=O)OC(CC)[Si](O[Si]1(C)CCC(C)(C)O[Si]1(C)C)(O[Si]1(C)CCC(C)(C)O[Si]1(C)C)O[Si]1(C)CCC(C)(C)O[Si]1(C)C. The minimum atomic E-state index is -3.85. The number of rotatable bonds is 10.